The molecule has 1 aliphatic heterocycles. The van der Waals surface area contributed by atoms with Gasteiger partial charge in [0.2, 0.25) is 5.91 Å². The van der Waals surface area contributed by atoms with Crippen LogP contribution in [0.4, 0.5) is 0 Å². The van der Waals surface area contributed by atoms with Gasteiger partial charge in [0, 0.05) is 18.6 Å². The van der Waals surface area contributed by atoms with E-state index in [1.807, 2.05) is 39.8 Å². The number of hydrogen-bond donors (Lipinski definition) is 3. The first-order valence-electron chi connectivity index (χ1n) is 9.49. The Bertz CT molecular complexity index is 571. The number of nitrogens with zero attached hydrogens (tertiary/aromatic N) is 2. The number of aliphatic imine (C=N–C) groups is 1. The van der Waals surface area contributed by atoms with Gasteiger partial charge in [0.05, 0.1) is 12.3 Å². The fourth-order valence-electron chi connectivity index (χ4n) is 3.09. The summed E-state index contributed by atoms with van der Waals surface area (Å²) in [5, 5.41) is 9.49. The van der Waals surface area contributed by atoms with Gasteiger partial charge < -0.3 is 20.4 Å². The quantitative estimate of drug-likeness (QED) is 0.509. The molecule has 0 bridgehead atoms. The van der Waals surface area contributed by atoms with Crippen molar-refractivity contribution >= 4 is 11.9 Å². The van der Waals surface area contributed by atoms with Crippen LogP contribution in [0.3, 0.4) is 0 Å². The molecule has 0 spiro atoms. The summed E-state index contributed by atoms with van der Waals surface area (Å²) in [6, 6.07) is 4.11. The lowest BCUT2D eigenvalue weighted by Crippen LogP contribution is -2.44. The predicted octanol–water partition coefficient (Wildman–Crippen LogP) is 1.89. The molecule has 146 valence electrons. The second-order valence-electron chi connectivity index (χ2n) is 7.65. The average molecular weight is 364 g/mol. The van der Waals surface area contributed by atoms with Gasteiger partial charge in [-0.1, -0.05) is 0 Å². The molecule has 1 amide bonds. The normalized spacial score (nSPS) is 17.2. The molecule has 26 heavy (non-hydrogen) atoms. The average Bonchev–Trinajstić information content (AvgIpc) is 3.25. The molecule has 1 unspecified atom stereocenters. The van der Waals surface area contributed by atoms with Crippen LogP contribution in [-0.4, -0.2) is 55.0 Å². The summed E-state index contributed by atoms with van der Waals surface area (Å²) in [6.45, 7) is 11.6. The fourth-order valence-corrected chi connectivity index (χ4v) is 3.09. The van der Waals surface area contributed by atoms with Crippen LogP contribution < -0.4 is 16.0 Å². The second-order valence-corrected chi connectivity index (χ2v) is 7.65. The number of likely N-dealkylation sites (tertiary alicyclic amines) is 1. The number of carbonyl (C=O) groups is 1. The summed E-state index contributed by atoms with van der Waals surface area (Å²) in [7, 11) is 0. The van der Waals surface area contributed by atoms with Gasteiger partial charge in [-0.15, -0.1) is 0 Å². The molecule has 2 rings (SSSR count). The minimum atomic E-state index is -0.251. The van der Waals surface area contributed by atoms with Crippen molar-refractivity contribution in [2.45, 2.75) is 52.1 Å². The van der Waals surface area contributed by atoms with Crippen LogP contribution in [0.1, 0.15) is 52.3 Å². The third kappa shape index (κ3) is 6.71. The molecule has 1 atom stereocenters. The SMILES string of the molecule is CCNC(=NCC(=O)NC(C)(C)C)NCC(c1ccco1)N1CCCC1. The molecule has 7 heteroatoms. The highest BCUT2D eigenvalue weighted by Gasteiger charge is 2.25. The molecule has 0 radical (unpaired) electrons. The summed E-state index contributed by atoms with van der Waals surface area (Å²) in [6.07, 6.45) is 4.16. The van der Waals surface area contributed by atoms with Crippen molar-refractivity contribution in [2.24, 2.45) is 4.99 Å². The Labute approximate surface area is 156 Å². The van der Waals surface area contributed by atoms with Crippen molar-refractivity contribution in [1.29, 1.82) is 0 Å². The summed E-state index contributed by atoms with van der Waals surface area (Å²) >= 11 is 0. The zero-order valence-corrected chi connectivity index (χ0v) is 16.5. The summed E-state index contributed by atoms with van der Waals surface area (Å²) in [4.78, 5) is 18.8. The minimum absolute atomic E-state index is 0.0863. The van der Waals surface area contributed by atoms with Crippen LogP contribution in [-0.2, 0) is 4.79 Å². The van der Waals surface area contributed by atoms with Gasteiger partial charge in [-0.05, 0) is 65.8 Å². The van der Waals surface area contributed by atoms with Gasteiger partial charge >= 0.3 is 0 Å². The lowest BCUT2D eigenvalue weighted by atomic mass is 10.1. The van der Waals surface area contributed by atoms with E-state index < -0.39 is 0 Å². The zero-order valence-electron chi connectivity index (χ0n) is 16.5. The largest absolute Gasteiger partial charge is 0.468 e. The van der Waals surface area contributed by atoms with E-state index in [2.05, 4.69) is 25.8 Å². The smallest absolute Gasteiger partial charge is 0.242 e. The number of guanidine groups is 1. The zero-order chi connectivity index (χ0) is 19.0. The van der Waals surface area contributed by atoms with Gasteiger partial charge in [0.25, 0.3) is 0 Å². The van der Waals surface area contributed by atoms with Gasteiger partial charge in [-0.3, -0.25) is 9.69 Å². The topological polar surface area (TPSA) is 81.9 Å². The number of carbonyl (C=O) groups excluding carboxylic acids is 1. The van der Waals surface area contributed by atoms with Gasteiger partial charge in [0.1, 0.15) is 12.3 Å². The van der Waals surface area contributed by atoms with Gasteiger partial charge in [0.15, 0.2) is 5.96 Å². The Hall–Kier alpha value is -2.02. The Morgan fingerprint density at radius 1 is 1.31 bits per heavy atom. The maximum Gasteiger partial charge on any atom is 0.242 e. The highest BCUT2D eigenvalue weighted by Crippen LogP contribution is 2.24. The molecule has 1 aromatic heterocycles. The Morgan fingerprint density at radius 2 is 2.04 bits per heavy atom. The predicted molar refractivity (Wildman–Crippen MR) is 104 cm³/mol. The molecule has 3 N–H and O–H groups in total. The molecule has 0 saturated carbocycles. The van der Waals surface area contributed by atoms with Crippen molar-refractivity contribution in [3.8, 4) is 0 Å². The molecule has 1 aromatic rings. The fraction of sp³-hybridized carbons (Fsp3) is 0.684. The lowest BCUT2D eigenvalue weighted by Gasteiger charge is -2.26. The third-order valence-corrected chi connectivity index (χ3v) is 4.16. The molecule has 7 nitrogen and oxygen atoms in total. The molecule has 2 heterocycles. The second kappa shape index (κ2) is 9.62. The van der Waals surface area contributed by atoms with Crippen LogP contribution in [0.2, 0.25) is 0 Å². The van der Waals surface area contributed by atoms with Gasteiger partial charge in [-0.2, -0.15) is 0 Å². The van der Waals surface area contributed by atoms with E-state index in [1.165, 1.54) is 12.8 Å². The number of nitrogens with one attached hydrogen (secondary N) is 3. The van der Waals surface area contributed by atoms with Crippen molar-refractivity contribution in [3.63, 3.8) is 0 Å². The maximum atomic E-state index is 12.0. The van der Waals surface area contributed by atoms with Crippen molar-refractivity contribution < 1.29 is 9.21 Å². The standard InChI is InChI=1S/C19H33N5O2/c1-5-20-18(22-14-17(25)23-19(2,3)4)21-13-15(16-9-8-12-26-16)24-10-6-7-11-24/h8-9,12,15H,5-7,10-11,13-14H2,1-4H3,(H,23,25)(H2,20,21,22). The number of amides is 1. The first-order valence-corrected chi connectivity index (χ1v) is 9.49. The molecule has 0 aromatic carbocycles. The number of hydrogen-bond acceptors (Lipinski definition) is 4. The molecule has 1 aliphatic rings. The Morgan fingerprint density at radius 3 is 2.62 bits per heavy atom. The van der Waals surface area contributed by atoms with Gasteiger partial charge in [-0.25, -0.2) is 4.99 Å². The molecular formula is C19H33N5O2. The molecule has 1 saturated heterocycles. The third-order valence-electron chi connectivity index (χ3n) is 4.16. The Balaban J connectivity index is 1.96. The van der Waals surface area contributed by atoms with E-state index >= 15 is 0 Å². The monoisotopic (exact) mass is 363 g/mol. The van der Waals surface area contributed by atoms with E-state index in [0.29, 0.717) is 12.5 Å². The van der Waals surface area contributed by atoms with Crippen LogP contribution >= 0.6 is 0 Å². The van der Waals surface area contributed by atoms with Crippen molar-refractivity contribution in [2.75, 3.05) is 32.7 Å². The van der Waals surface area contributed by atoms with E-state index in [1.54, 1.807) is 6.26 Å². The van der Waals surface area contributed by atoms with Crippen molar-refractivity contribution in [3.05, 3.63) is 24.2 Å². The van der Waals surface area contributed by atoms with Crippen molar-refractivity contribution in [1.82, 2.24) is 20.9 Å². The first kappa shape index (κ1) is 20.3. The summed E-state index contributed by atoms with van der Waals surface area (Å²) < 4.78 is 5.65. The van der Waals surface area contributed by atoms with Crippen LogP contribution in [0, 0.1) is 0 Å². The number of furan rings is 1. The molecule has 1 fully saturated rings. The first-order chi connectivity index (χ1) is 12.4. The Kier molecular flexibility index (Phi) is 7.50. The number of rotatable bonds is 7. The van der Waals surface area contributed by atoms with Crippen LogP contribution in [0.25, 0.3) is 0 Å². The maximum absolute atomic E-state index is 12.0. The van der Waals surface area contributed by atoms with Crippen LogP contribution in [0.15, 0.2) is 27.8 Å². The van der Waals surface area contributed by atoms with E-state index in [9.17, 15) is 4.79 Å². The minimum Gasteiger partial charge on any atom is -0.468 e. The van der Waals surface area contributed by atoms with E-state index in [-0.39, 0.29) is 24.0 Å². The summed E-state index contributed by atoms with van der Waals surface area (Å²) in [5.41, 5.74) is -0.251. The molecule has 0 aliphatic carbocycles. The van der Waals surface area contributed by atoms with E-state index in [4.69, 9.17) is 4.42 Å². The highest BCUT2D eigenvalue weighted by molar-refractivity contribution is 5.85. The van der Waals surface area contributed by atoms with Crippen LogP contribution in [0.5, 0.6) is 0 Å². The summed E-state index contributed by atoms with van der Waals surface area (Å²) in [5.74, 6) is 1.52. The van der Waals surface area contributed by atoms with E-state index in [0.717, 1.165) is 25.4 Å². The lowest BCUT2D eigenvalue weighted by molar-refractivity contribution is -0.121. The molecular weight excluding hydrogens is 330 g/mol. The highest BCUT2D eigenvalue weighted by atomic mass is 16.3.